The highest BCUT2D eigenvalue weighted by Crippen LogP contribution is 2.32. The van der Waals surface area contributed by atoms with Crippen molar-refractivity contribution in [2.45, 2.75) is 17.4 Å². The number of carbonyl (C=O) groups excluding carboxylic acids is 2. The van der Waals surface area contributed by atoms with Gasteiger partial charge in [0.2, 0.25) is 5.89 Å². The molecule has 1 aliphatic rings. The molecule has 1 aromatic heterocycles. The monoisotopic (exact) mass is 415 g/mol. The van der Waals surface area contributed by atoms with Crippen LogP contribution >= 0.6 is 23.4 Å². The van der Waals surface area contributed by atoms with Crippen molar-refractivity contribution in [1.29, 1.82) is 0 Å². The van der Waals surface area contributed by atoms with Crippen LogP contribution in [0.15, 0.2) is 52.1 Å². The summed E-state index contributed by atoms with van der Waals surface area (Å²) < 4.78 is 10.9. The number of nitrogens with one attached hydrogen (secondary N) is 1. The fourth-order valence-electron chi connectivity index (χ4n) is 2.64. The Labute approximate surface area is 169 Å². The minimum absolute atomic E-state index is 0.0281. The first kappa shape index (κ1) is 18.5. The second-order valence-electron chi connectivity index (χ2n) is 6.05. The lowest BCUT2D eigenvalue weighted by atomic mass is 10.1. The third-order valence-corrected chi connectivity index (χ3v) is 5.23. The molecule has 0 spiro atoms. The van der Waals surface area contributed by atoms with Crippen molar-refractivity contribution >= 4 is 40.7 Å². The Morgan fingerprint density at radius 2 is 2.00 bits per heavy atom. The molecule has 2 aromatic carbocycles. The predicted octanol–water partition coefficient (Wildman–Crippen LogP) is 4.08. The van der Waals surface area contributed by atoms with Crippen molar-refractivity contribution in [2.75, 3.05) is 11.9 Å². The lowest BCUT2D eigenvalue weighted by Crippen LogP contribution is -2.25. The Balaban J connectivity index is 1.47. The number of hydrogen-bond donors (Lipinski definition) is 1. The first-order valence-electron chi connectivity index (χ1n) is 8.36. The molecule has 1 amide bonds. The van der Waals surface area contributed by atoms with Gasteiger partial charge in [-0.25, -0.2) is 0 Å². The van der Waals surface area contributed by atoms with Crippen molar-refractivity contribution in [2.24, 2.45) is 0 Å². The summed E-state index contributed by atoms with van der Waals surface area (Å²) in [5.41, 5.74) is 1.69. The van der Waals surface area contributed by atoms with E-state index >= 15 is 0 Å². The van der Waals surface area contributed by atoms with Crippen molar-refractivity contribution in [3.05, 3.63) is 53.1 Å². The van der Waals surface area contributed by atoms with Gasteiger partial charge in [0.25, 0.3) is 11.1 Å². The molecular formula is C19H14ClN3O4S. The van der Waals surface area contributed by atoms with Crippen molar-refractivity contribution in [3.8, 4) is 17.2 Å². The van der Waals surface area contributed by atoms with Gasteiger partial charge in [-0.3, -0.25) is 9.59 Å². The minimum atomic E-state index is -0.461. The highest BCUT2D eigenvalue weighted by Gasteiger charge is 2.23. The Bertz CT molecular complexity index is 1050. The van der Waals surface area contributed by atoms with Crippen molar-refractivity contribution in [3.63, 3.8) is 0 Å². The van der Waals surface area contributed by atoms with Crippen LogP contribution in [-0.4, -0.2) is 33.7 Å². The number of anilines is 1. The van der Waals surface area contributed by atoms with Gasteiger partial charge in [0.15, 0.2) is 12.4 Å². The van der Waals surface area contributed by atoms with E-state index in [2.05, 4.69) is 15.5 Å². The van der Waals surface area contributed by atoms with Crippen molar-refractivity contribution < 1.29 is 18.7 Å². The summed E-state index contributed by atoms with van der Waals surface area (Å²) in [6, 6.07) is 12.0. The van der Waals surface area contributed by atoms with E-state index in [1.807, 2.05) is 0 Å². The second kappa shape index (κ2) is 7.65. The number of nitrogens with zero attached hydrogens (tertiary/aromatic N) is 2. The van der Waals surface area contributed by atoms with Crippen LogP contribution in [0.5, 0.6) is 5.75 Å². The van der Waals surface area contributed by atoms with E-state index in [1.54, 1.807) is 49.4 Å². The molecule has 1 unspecified atom stereocenters. The molecule has 1 aliphatic heterocycles. The number of halogens is 1. The summed E-state index contributed by atoms with van der Waals surface area (Å²) in [6.45, 7) is 1.73. The van der Waals surface area contributed by atoms with Gasteiger partial charge in [-0.15, -0.1) is 10.2 Å². The van der Waals surface area contributed by atoms with E-state index in [0.29, 0.717) is 33.1 Å². The molecule has 0 bridgehead atoms. The van der Waals surface area contributed by atoms with Gasteiger partial charge in [-0.2, -0.15) is 0 Å². The lowest BCUT2D eigenvalue weighted by Gasteiger charge is -2.18. The highest BCUT2D eigenvalue weighted by atomic mass is 35.5. The molecule has 142 valence electrons. The number of carbonyl (C=O) groups is 2. The Hall–Kier alpha value is -2.84. The standard InChI is InChI=1S/C19H14ClN3O4S/c1-10(17(25)12-4-7-15-14(8-12)21-16(24)9-26-15)28-19-23-22-18(27-19)11-2-5-13(20)6-3-11/h2-8,10H,9H2,1H3,(H,21,24). The quantitative estimate of drug-likeness (QED) is 0.495. The van der Waals surface area contributed by atoms with Crippen LogP contribution < -0.4 is 10.1 Å². The summed E-state index contributed by atoms with van der Waals surface area (Å²) >= 11 is 7.05. The molecule has 7 nitrogen and oxygen atoms in total. The maximum atomic E-state index is 12.8. The molecule has 0 fully saturated rings. The Kier molecular flexibility index (Phi) is 5.06. The van der Waals surface area contributed by atoms with E-state index in [-0.39, 0.29) is 18.3 Å². The molecule has 3 aromatic rings. The fraction of sp³-hybridized carbons (Fsp3) is 0.158. The summed E-state index contributed by atoms with van der Waals surface area (Å²) in [5, 5.41) is 11.1. The number of ketones is 1. The molecule has 0 saturated carbocycles. The number of Topliss-reactive ketones (excluding diaryl/α,β-unsaturated/α-hetero) is 1. The molecule has 4 rings (SSSR count). The van der Waals surface area contributed by atoms with E-state index in [1.165, 1.54) is 11.8 Å². The zero-order valence-corrected chi connectivity index (χ0v) is 16.2. The van der Waals surface area contributed by atoms with Gasteiger partial charge in [-0.05, 0) is 49.4 Å². The van der Waals surface area contributed by atoms with Gasteiger partial charge in [0.1, 0.15) is 5.75 Å². The van der Waals surface area contributed by atoms with Gasteiger partial charge >= 0.3 is 0 Å². The predicted molar refractivity (Wildman–Crippen MR) is 105 cm³/mol. The number of benzene rings is 2. The molecule has 0 aliphatic carbocycles. The maximum Gasteiger partial charge on any atom is 0.277 e. The smallest absolute Gasteiger partial charge is 0.277 e. The van der Waals surface area contributed by atoms with Crippen LogP contribution in [-0.2, 0) is 4.79 Å². The van der Waals surface area contributed by atoms with E-state index in [4.69, 9.17) is 20.8 Å². The average molecular weight is 416 g/mol. The number of hydrogen-bond acceptors (Lipinski definition) is 7. The van der Waals surface area contributed by atoms with Gasteiger partial charge in [0.05, 0.1) is 10.9 Å². The van der Waals surface area contributed by atoms with Crippen LogP contribution in [0.25, 0.3) is 11.5 Å². The molecule has 0 radical (unpaired) electrons. The average Bonchev–Trinajstić information content (AvgIpc) is 3.15. The number of fused-ring (bicyclic) bond motifs is 1. The normalized spacial score (nSPS) is 14.0. The van der Waals surface area contributed by atoms with Crippen LogP contribution in [0.4, 0.5) is 5.69 Å². The van der Waals surface area contributed by atoms with E-state index < -0.39 is 5.25 Å². The maximum absolute atomic E-state index is 12.8. The number of aromatic nitrogens is 2. The van der Waals surface area contributed by atoms with E-state index in [9.17, 15) is 9.59 Å². The summed E-state index contributed by atoms with van der Waals surface area (Å²) in [4.78, 5) is 24.2. The molecular weight excluding hydrogens is 402 g/mol. The first-order valence-corrected chi connectivity index (χ1v) is 9.62. The van der Waals surface area contributed by atoms with Crippen LogP contribution in [0.3, 0.4) is 0 Å². The summed E-state index contributed by atoms with van der Waals surface area (Å²) in [6.07, 6.45) is 0. The topological polar surface area (TPSA) is 94.3 Å². The Morgan fingerprint density at radius 3 is 2.79 bits per heavy atom. The zero-order chi connectivity index (χ0) is 19.7. The number of amides is 1. The molecule has 9 heteroatoms. The number of ether oxygens (including phenoxy) is 1. The first-order chi connectivity index (χ1) is 13.5. The summed E-state index contributed by atoms with van der Waals surface area (Å²) in [5.74, 6) is 0.521. The zero-order valence-electron chi connectivity index (χ0n) is 14.6. The largest absolute Gasteiger partial charge is 0.482 e. The molecule has 28 heavy (non-hydrogen) atoms. The van der Waals surface area contributed by atoms with Gasteiger partial charge in [-0.1, -0.05) is 23.4 Å². The Morgan fingerprint density at radius 1 is 1.21 bits per heavy atom. The fourth-order valence-corrected chi connectivity index (χ4v) is 3.53. The number of rotatable bonds is 5. The van der Waals surface area contributed by atoms with Gasteiger partial charge in [0, 0.05) is 16.1 Å². The highest BCUT2D eigenvalue weighted by molar-refractivity contribution is 8.00. The van der Waals surface area contributed by atoms with Crippen LogP contribution in [0.1, 0.15) is 17.3 Å². The molecule has 2 heterocycles. The third kappa shape index (κ3) is 3.88. The third-order valence-electron chi connectivity index (χ3n) is 4.04. The van der Waals surface area contributed by atoms with Crippen molar-refractivity contribution in [1.82, 2.24) is 10.2 Å². The summed E-state index contributed by atoms with van der Waals surface area (Å²) in [7, 11) is 0. The molecule has 1 atom stereocenters. The molecule has 0 saturated heterocycles. The van der Waals surface area contributed by atoms with E-state index in [0.717, 1.165) is 5.56 Å². The van der Waals surface area contributed by atoms with Crippen LogP contribution in [0, 0.1) is 0 Å². The van der Waals surface area contributed by atoms with Gasteiger partial charge < -0.3 is 14.5 Å². The molecule has 1 N–H and O–H groups in total. The lowest BCUT2D eigenvalue weighted by molar-refractivity contribution is -0.118. The SMILES string of the molecule is CC(Sc1nnc(-c2ccc(Cl)cc2)o1)C(=O)c1ccc2c(c1)NC(=O)CO2. The number of thioether (sulfide) groups is 1. The van der Waals surface area contributed by atoms with Crippen LogP contribution in [0.2, 0.25) is 5.02 Å². The second-order valence-corrected chi connectivity index (χ2v) is 7.78. The minimum Gasteiger partial charge on any atom is -0.482 e.